The summed E-state index contributed by atoms with van der Waals surface area (Å²) in [6.07, 6.45) is 1.28. The van der Waals surface area contributed by atoms with Crippen LogP contribution in [0.4, 0.5) is 14.5 Å². The standard InChI is InChI=1S/C14H11F2N3O2/c1-7-10(4-3-9(15)11(7)16)19-6-8(5-17)12(18)13(19)14(20)21-2/h3-4,6H,18H2,1-2H3. The molecule has 108 valence electrons. The molecule has 5 nitrogen and oxygen atoms in total. The van der Waals surface area contributed by atoms with Gasteiger partial charge in [-0.3, -0.25) is 0 Å². The van der Waals surface area contributed by atoms with Crippen LogP contribution in [0.15, 0.2) is 18.3 Å². The number of nitrogen functional groups attached to an aromatic ring is 1. The third-order valence-electron chi connectivity index (χ3n) is 3.11. The lowest BCUT2D eigenvalue weighted by Gasteiger charge is -2.12. The quantitative estimate of drug-likeness (QED) is 0.861. The Morgan fingerprint density at radius 1 is 1.43 bits per heavy atom. The molecule has 0 aliphatic rings. The number of carbonyl (C=O) groups excluding carboxylic acids is 1. The van der Waals surface area contributed by atoms with Crippen LogP contribution in [0, 0.1) is 29.9 Å². The number of hydrogen-bond acceptors (Lipinski definition) is 4. The van der Waals surface area contributed by atoms with Gasteiger partial charge in [0.15, 0.2) is 17.3 Å². The zero-order valence-corrected chi connectivity index (χ0v) is 11.3. The number of halogens is 2. The van der Waals surface area contributed by atoms with Crippen LogP contribution < -0.4 is 5.73 Å². The molecule has 0 radical (unpaired) electrons. The van der Waals surface area contributed by atoms with Gasteiger partial charge in [-0.25, -0.2) is 13.6 Å². The van der Waals surface area contributed by atoms with E-state index >= 15 is 0 Å². The van der Waals surface area contributed by atoms with Gasteiger partial charge < -0.3 is 15.0 Å². The second-order valence-corrected chi connectivity index (χ2v) is 4.28. The Hall–Kier alpha value is -2.88. The van der Waals surface area contributed by atoms with Gasteiger partial charge in [-0.05, 0) is 19.1 Å². The molecule has 0 aliphatic heterocycles. The van der Waals surface area contributed by atoms with E-state index in [0.717, 1.165) is 13.2 Å². The predicted molar refractivity (Wildman–Crippen MR) is 70.9 cm³/mol. The molecule has 0 aliphatic carbocycles. The number of methoxy groups -OCH3 is 1. The number of esters is 1. The predicted octanol–water partition coefficient (Wildman–Crippen LogP) is 2.30. The van der Waals surface area contributed by atoms with Crippen LogP contribution in [0.1, 0.15) is 21.6 Å². The van der Waals surface area contributed by atoms with Gasteiger partial charge in [-0.15, -0.1) is 0 Å². The molecule has 1 aromatic heterocycles. The van der Waals surface area contributed by atoms with Crippen LogP contribution in [0.3, 0.4) is 0 Å². The van der Waals surface area contributed by atoms with Crippen LogP contribution in [-0.4, -0.2) is 17.6 Å². The van der Waals surface area contributed by atoms with Crippen molar-refractivity contribution in [2.75, 3.05) is 12.8 Å². The van der Waals surface area contributed by atoms with Crippen LogP contribution in [0.2, 0.25) is 0 Å². The summed E-state index contributed by atoms with van der Waals surface area (Å²) in [6.45, 7) is 1.36. The molecule has 0 fully saturated rings. The van der Waals surface area contributed by atoms with Crippen molar-refractivity contribution in [1.82, 2.24) is 4.57 Å². The van der Waals surface area contributed by atoms with E-state index in [1.807, 2.05) is 6.07 Å². The molecule has 2 aromatic rings. The Balaban J connectivity index is 2.79. The fourth-order valence-electron chi connectivity index (χ4n) is 2.01. The van der Waals surface area contributed by atoms with Gasteiger partial charge >= 0.3 is 5.97 Å². The van der Waals surface area contributed by atoms with Gasteiger partial charge in [0.2, 0.25) is 0 Å². The van der Waals surface area contributed by atoms with Crippen molar-refractivity contribution in [3.05, 3.63) is 46.8 Å². The van der Waals surface area contributed by atoms with Crippen LogP contribution in [-0.2, 0) is 4.74 Å². The lowest BCUT2D eigenvalue weighted by molar-refractivity contribution is 0.0593. The van der Waals surface area contributed by atoms with Crippen LogP contribution in [0.5, 0.6) is 0 Å². The van der Waals surface area contributed by atoms with E-state index in [0.29, 0.717) is 0 Å². The maximum atomic E-state index is 13.7. The van der Waals surface area contributed by atoms with Gasteiger partial charge in [-0.2, -0.15) is 5.26 Å². The third-order valence-corrected chi connectivity index (χ3v) is 3.11. The highest BCUT2D eigenvalue weighted by Crippen LogP contribution is 2.27. The molecule has 0 unspecified atom stereocenters. The molecule has 0 atom stereocenters. The Kier molecular flexibility index (Phi) is 3.63. The number of aromatic nitrogens is 1. The molecule has 1 heterocycles. The Morgan fingerprint density at radius 3 is 2.67 bits per heavy atom. The van der Waals surface area contributed by atoms with E-state index in [1.54, 1.807) is 0 Å². The minimum atomic E-state index is -1.03. The van der Waals surface area contributed by atoms with Crippen LogP contribution >= 0.6 is 0 Å². The topological polar surface area (TPSA) is 81.0 Å². The summed E-state index contributed by atoms with van der Waals surface area (Å²) in [5.41, 5.74) is 5.77. The van der Waals surface area contributed by atoms with Crippen molar-refractivity contribution in [2.24, 2.45) is 0 Å². The largest absolute Gasteiger partial charge is 0.464 e. The SMILES string of the molecule is COC(=O)c1c(N)c(C#N)cn1-c1ccc(F)c(F)c1C. The number of carbonyl (C=O) groups is 1. The number of nitrogens with two attached hydrogens (primary N) is 1. The fourth-order valence-corrected chi connectivity index (χ4v) is 2.01. The Labute approximate surface area is 119 Å². The zero-order valence-electron chi connectivity index (χ0n) is 11.3. The van der Waals surface area contributed by atoms with Crippen molar-refractivity contribution in [1.29, 1.82) is 5.26 Å². The molecule has 0 saturated heterocycles. The summed E-state index contributed by atoms with van der Waals surface area (Å²) in [6, 6.07) is 4.05. The highest BCUT2D eigenvalue weighted by Gasteiger charge is 2.23. The molecule has 0 saturated carbocycles. The average molecular weight is 291 g/mol. The number of benzene rings is 1. The maximum Gasteiger partial charge on any atom is 0.357 e. The first-order valence-electron chi connectivity index (χ1n) is 5.86. The monoisotopic (exact) mass is 291 g/mol. The van der Waals surface area contributed by atoms with Crippen molar-refractivity contribution in [3.8, 4) is 11.8 Å². The second kappa shape index (κ2) is 5.25. The lowest BCUT2D eigenvalue weighted by atomic mass is 10.1. The summed E-state index contributed by atoms with van der Waals surface area (Å²) < 4.78 is 32.7. The minimum Gasteiger partial charge on any atom is -0.464 e. The molecule has 21 heavy (non-hydrogen) atoms. The molecule has 2 N–H and O–H groups in total. The number of rotatable bonds is 2. The third kappa shape index (κ3) is 2.21. The Bertz CT molecular complexity index is 776. The molecule has 0 spiro atoms. The van der Waals surface area contributed by atoms with E-state index in [1.165, 1.54) is 23.8 Å². The normalized spacial score (nSPS) is 10.2. The zero-order chi connectivity index (χ0) is 15.7. The van der Waals surface area contributed by atoms with Gasteiger partial charge in [0.05, 0.1) is 24.0 Å². The molecule has 7 heteroatoms. The molecule has 0 amide bonds. The number of nitrogens with zero attached hydrogens (tertiary/aromatic N) is 2. The molecule has 0 bridgehead atoms. The van der Waals surface area contributed by atoms with E-state index in [4.69, 9.17) is 11.0 Å². The smallest absolute Gasteiger partial charge is 0.357 e. The summed E-state index contributed by atoms with van der Waals surface area (Å²) in [7, 11) is 1.16. The second-order valence-electron chi connectivity index (χ2n) is 4.28. The number of hydrogen-bond donors (Lipinski definition) is 1. The van der Waals surface area contributed by atoms with E-state index in [9.17, 15) is 13.6 Å². The molecule has 2 rings (SSSR count). The molecule has 1 aromatic carbocycles. The highest BCUT2D eigenvalue weighted by molar-refractivity contribution is 5.96. The summed E-state index contributed by atoms with van der Waals surface area (Å²) >= 11 is 0. The van der Waals surface area contributed by atoms with E-state index in [-0.39, 0.29) is 28.2 Å². The summed E-state index contributed by atoms with van der Waals surface area (Å²) in [5, 5.41) is 9.00. The van der Waals surface area contributed by atoms with Crippen molar-refractivity contribution in [2.45, 2.75) is 6.92 Å². The molecular weight excluding hydrogens is 280 g/mol. The minimum absolute atomic E-state index is 0.0142. The maximum absolute atomic E-state index is 13.7. The Morgan fingerprint density at radius 2 is 2.10 bits per heavy atom. The van der Waals surface area contributed by atoms with Crippen LogP contribution in [0.25, 0.3) is 5.69 Å². The number of anilines is 1. The first kappa shape index (κ1) is 14.5. The lowest BCUT2D eigenvalue weighted by Crippen LogP contribution is -2.12. The van der Waals surface area contributed by atoms with Crippen molar-refractivity contribution in [3.63, 3.8) is 0 Å². The first-order chi connectivity index (χ1) is 9.92. The van der Waals surface area contributed by atoms with Gasteiger partial charge in [0.25, 0.3) is 0 Å². The summed E-state index contributed by atoms with van der Waals surface area (Å²) in [5.74, 6) is -2.82. The van der Waals surface area contributed by atoms with Gasteiger partial charge in [-0.1, -0.05) is 0 Å². The van der Waals surface area contributed by atoms with Crippen molar-refractivity contribution >= 4 is 11.7 Å². The fraction of sp³-hybridized carbons (Fsp3) is 0.143. The number of ether oxygens (including phenoxy) is 1. The van der Waals surface area contributed by atoms with Gasteiger partial charge in [0, 0.05) is 11.8 Å². The number of nitriles is 1. The highest BCUT2D eigenvalue weighted by atomic mass is 19.2. The van der Waals surface area contributed by atoms with Crippen molar-refractivity contribution < 1.29 is 18.3 Å². The first-order valence-corrected chi connectivity index (χ1v) is 5.86. The average Bonchev–Trinajstić information content (AvgIpc) is 2.80. The van der Waals surface area contributed by atoms with Gasteiger partial charge in [0.1, 0.15) is 6.07 Å². The molecular formula is C14H11F2N3O2. The summed E-state index contributed by atoms with van der Waals surface area (Å²) in [4.78, 5) is 11.8. The van der Waals surface area contributed by atoms with E-state index in [2.05, 4.69) is 4.74 Å². The van der Waals surface area contributed by atoms with E-state index < -0.39 is 17.6 Å².